The average Bonchev–Trinajstić information content (AvgIpc) is 3.03. The maximum absolute atomic E-state index is 13.2. The Morgan fingerprint density at radius 1 is 1.25 bits per heavy atom. The second kappa shape index (κ2) is 7.53. The van der Waals surface area contributed by atoms with Gasteiger partial charge >= 0.3 is 5.97 Å². The summed E-state index contributed by atoms with van der Waals surface area (Å²) in [5.41, 5.74) is 2.09. The van der Waals surface area contributed by atoms with E-state index in [0.717, 1.165) is 23.4 Å². The summed E-state index contributed by atoms with van der Waals surface area (Å²) in [6, 6.07) is 7.44. The van der Waals surface area contributed by atoms with Crippen LogP contribution in [0, 0.1) is 5.92 Å². The standard InChI is InChI=1S/C20H23N3O5/c1-26-17-6-3-5-13-9-14(12-28-18(13)17)19(24)22-7-4-8-23-15(11-22)10-16(21-23)20(25)27-2/h3,5-6,10,14H,4,7-9,11-12H2,1-2H3/t14-/m0/s1. The van der Waals surface area contributed by atoms with Crippen LogP contribution in [-0.2, 0) is 29.0 Å². The molecule has 148 valence electrons. The fourth-order valence-electron chi connectivity index (χ4n) is 3.83. The first-order valence-electron chi connectivity index (χ1n) is 9.33. The molecule has 0 N–H and O–H groups in total. The first-order chi connectivity index (χ1) is 13.6. The lowest BCUT2D eigenvalue weighted by Gasteiger charge is -2.30. The van der Waals surface area contributed by atoms with Gasteiger partial charge in [0.05, 0.1) is 32.4 Å². The number of esters is 1. The number of amides is 1. The van der Waals surface area contributed by atoms with Gasteiger partial charge in [0.15, 0.2) is 17.2 Å². The Hall–Kier alpha value is -3.03. The molecule has 1 aromatic heterocycles. The number of benzene rings is 1. The van der Waals surface area contributed by atoms with Crippen LogP contribution in [0.15, 0.2) is 24.3 Å². The lowest BCUT2D eigenvalue weighted by atomic mass is 9.95. The second-order valence-corrected chi connectivity index (χ2v) is 7.01. The van der Waals surface area contributed by atoms with Gasteiger partial charge in [-0.2, -0.15) is 5.10 Å². The number of fused-ring (bicyclic) bond motifs is 2. The van der Waals surface area contributed by atoms with E-state index in [9.17, 15) is 9.59 Å². The Labute approximate surface area is 163 Å². The molecule has 0 unspecified atom stereocenters. The third-order valence-electron chi connectivity index (χ3n) is 5.25. The van der Waals surface area contributed by atoms with Gasteiger partial charge in [-0.1, -0.05) is 12.1 Å². The molecule has 0 bridgehead atoms. The third-order valence-corrected chi connectivity index (χ3v) is 5.25. The molecule has 1 amide bonds. The number of hydrogen-bond acceptors (Lipinski definition) is 6. The van der Waals surface area contributed by atoms with Crippen molar-refractivity contribution in [1.82, 2.24) is 14.7 Å². The predicted molar refractivity (Wildman–Crippen MR) is 99.3 cm³/mol. The van der Waals surface area contributed by atoms with Crippen LogP contribution in [0.3, 0.4) is 0 Å². The quantitative estimate of drug-likeness (QED) is 0.748. The number of para-hydroxylation sites is 1. The first kappa shape index (κ1) is 18.3. The van der Waals surface area contributed by atoms with Crippen molar-refractivity contribution in [3.05, 3.63) is 41.2 Å². The molecule has 2 aliphatic heterocycles. The zero-order valence-corrected chi connectivity index (χ0v) is 16.0. The Morgan fingerprint density at radius 3 is 2.89 bits per heavy atom. The van der Waals surface area contributed by atoms with E-state index < -0.39 is 5.97 Å². The zero-order valence-electron chi connectivity index (χ0n) is 16.0. The van der Waals surface area contributed by atoms with E-state index in [1.807, 2.05) is 23.1 Å². The highest BCUT2D eigenvalue weighted by atomic mass is 16.5. The van der Waals surface area contributed by atoms with Gasteiger partial charge in [-0.25, -0.2) is 4.79 Å². The van der Waals surface area contributed by atoms with Crippen LogP contribution in [0.1, 0.15) is 28.2 Å². The van der Waals surface area contributed by atoms with E-state index in [1.165, 1.54) is 7.11 Å². The van der Waals surface area contributed by atoms with Crippen LogP contribution in [0.2, 0.25) is 0 Å². The molecule has 1 aromatic carbocycles. The molecule has 0 spiro atoms. The van der Waals surface area contributed by atoms with Crippen LogP contribution in [-0.4, -0.2) is 53.9 Å². The molecule has 4 rings (SSSR count). The molecular formula is C20H23N3O5. The van der Waals surface area contributed by atoms with E-state index in [-0.39, 0.29) is 17.5 Å². The van der Waals surface area contributed by atoms with Crippen molar-refractivity contribution < 1.29 is 23.8 Å². The number of aromatic nitrogens is 2. The van der Waals surface area contributed by atoms with E-state index in [1.54, 1.807) is 17.9 Å². The second-order valence-electron chi connectivity index (χ2n) is 7.01. The van der Waals surface area contributed by atoms with Gasteiger partial charge < -0.3 is 19.1 Å². The summed E-state index contributed by atoms with van der Waals surface area (Å²) in [5.74, 6) is 0.768. The number of methoxy groups -OCH3 is 2. The van der Waals surface area contributed by atoms with Gasteiger partial charge in [-0.3, -0.25) is 9.48 Å². The summed E-state index contributed by atoms with van der Waals surface area (Å²) in [4.78, 5) is 26.7. The lowest BCUT2D eigenvalue weighted by Crippen LogP contribution is -2.40. The summed E-state index contributed by atoms with van der Waals surface area (Å²) >= 11 is 0. The van der Waals surface area contributed by atoms with Crippen molar-refractivity contribution in [1.29, 1.82) is 0 Å². The van der Waals surface area contributed by atoms with Gasteiger partial charge in [0, 0.05) is 13.1 Å². The molecule has 3 heterocycles. The van der Waals surface area contributed by atoms with E-state index in [0.29, 0.717) is 38.4 Å². The van der Waals surface area contributed by atoms with Crippen molar-refractivity contribution in [2.75, 3.05) is 27.4 Å². The zero-order chi connectivity index (χ0) is 19.7. The average molecular weight is 385 g/mol. The lowest BCUT2D eigenvalue weighted by molar-refractivity contribution is -0.137. The highest BCUT2D eigenvalue weighted by molar-refractivity contribution is 5.87. The van der Waals surface area contributed by atoms with E-state index >= 15 is 0 Å². The maximum atomic E-state index is 13.2. The Bertz CT molecular complexity index is 907. The number of rotatable bonds is 3. The molecule has 0 radical (unpaired) electrons. The number of hydrogen-bond donors (Lipinski definition) is 0. The highest BCUT2D eigenvalue weighted by Gasteiger charge is 2.32. The minimum Gasteiger partial charge on any atom is -0.493 e. The Balaban J connectivity index is 1.50. The number of ether oxygens (including phenoxy) is 3. The highest BCUT2D eigenvalue weighted by Crippen LogP contribution is 2.36. The van der Waals surface area contributed by atoms with Gasteiger partial charge in [-0.15, -0.1) is 0 Å². The molecule has 0 aliphatic carbocycles. The number of nitrogens with zero attached hydrogens (tertiary/aromatic N) is 3. The van der Waals surface area contributed by atoms with Crippen molar-refractivity contribution in [2.45, 2.75) is 25.9 Å². The van der Waals surface area contributed by atoms with Crippen molar-refractivity contribution in [2.24, 2.45) is 5.92 Å². The van der Waals surface area contributed by atoms with Crippen LogP contribution >= 0.6 is 0 Å². The molecule has 8 heteroatoms. The smallest absolute Gasteiger partial charge is 0.358 e. The van der Waals surface area contributed by atoms with Crippen molar-refractivity contribution in [3.8, 4) is 11.5 Å². The molecule has 2 aromatic rings. The van der Waals surface area contributed by atoms with Gasteiger partial charge in [0.1, 0.15) is 6.61 Å². The number of aryl methyl sites for hydroxylation is 1. The molecule has 0 saturated carbocycles. The molecular weight excluding hydrogens is 362 g/mol. The SMILES string of the molecule is COC(=O)c1cc2n(n1)CCCN(C(=O)[C@@H]1COc3c(cccc3OC)C1)C2. The summed E-state index contributed by atoms with van der Waals surface area (Å²) < 4.78 is 17.7. The topological polar surface area (TPSA) is 82.9 Å². The molecule has 2 aliphatic rings. The van der Waals surface area contributed by atoms with Crippen LogP contribution < -0.4 is 9.47 Å². The first-order valence-corrected chi connectivity index (χ1v) is 9.33. The van der Waals surface area contributed by atoms with Crippen LogP contribution in [0.5, 0.6) is 11.5 Å². The minimum absolute atomic E-state index is 0.0581. The Kier molecular flexibility index (Phi) is 4.93. The fourth-order valence-corrected chi connectivity index (χ4v) is 3.83. The monoisotopic (exact) mass is 385 g/mol. The summed E-state index contributed by atoms with van der Waals surface area (Å²) in [5, 5.41) is 4.30. The third kappa shape index (κ3) is 3.30. The molecule has 0 saturated heterocycles. The summed E-state index contributed by atoms with van der Waals surface area (Å²) in [6.45, 7) is 2.06. The van der Waals surface area contributed by atoms with Gasteiger partial charge in [0.2, 0.25) is 5.91 Å². The molecule has 1 atom stereocenters. The molecule has 28 heavy (non-hydrogen) atoms. The van der Waals surface area contributed by atoms with Crippen molar-refractivity contribution in [3.63, 3.8) is 0 Å². The Morgan fingerprint density at radius 2 is 2.11 bits per heavy atom. The minimum atomic E-state index is -0.468. The van der Waals surface area contributed by atoms with Gasteiger partial charge in [0.25, 0.3) is 0 Å². The summed E-state index contributed by atoms with van der Waals surface area (Å²) in [7, 11) is 2.94. The molecule has 0 fully saturated rings. The normalized spacial score (nSPS) is 18.4. The van der Waals surface area contributed by atoms with Crippen LogP contribution in [0.25, 0.3) is 0 Å². The maximum Gasteiger partial charge on any atom is 0.358 e. The fraction of sp³-hybridized carbons (Fsp3) is 0.450. The number of carbonyl (C=O) groups is 2. The van der Waals surface area contributed by atoms with Crippen LogP contribution in [0.4, 0.5) is 0 Å². The van der Waals surface area contributed by atoms with Gasteiger partial charge in [-0.05, 0) is 30.5 Å². The summed E-state index contributed by atoms with van der Waals surface area (Å²) in [6.07, 6.45) is 1.40. The predicted octanol–water partition coefficient (Wildman–Crippen LogP) is 1.66. The number of carbonyl (C=O) groups excluding carboxylic acids is 2. The molecule has 8 nitrogen and oxygen atoms in total. The van der Waals surface area contributed by atoms with E-state index in [4.69, 9.17) is 14.2 Å². The van der Waals surface area contributed by atoms with Crippen molar-refractivity contribution >= 4 is 11.9 Å². The van der Waals surface area contributed by atoms with E-state index in [2.05, 4.69) is 5.10 Å². The largest absolute Gasteiger partial charge is 0.493 e.